The molecule has 0 fully saturated rings. The number of halogens is 3. The van der Waals surface area contributed by atoms with Crippen molar-refractivity contribution >= 4 is 5.91 Å². The molecule has 1 atom stereocenters. The summed E-state index contributed by atoms with van der Waals surface area (Å²) < 4.78 is 35.9. The first-order valence-corrected chi connectivity index (χ1v) is 3.76. The van der Waals surface area contributed by atoms with Gasteiger partial charge in [-0.05, 0) is 6.92 Å². The van der Waals surface area contributed by atoms with E-state index < -0.39 is 23.6 Å². The number of carbonyl (C=O) groups is 1. The molecule has 0 aliphatic rings. The molecule has 0 aliphatic carbocycles. The number of allylic oxidation sites excluding steroid dienone is 1. The summed E-state index contributed by atoms with van der Waals surface area (Å²) >= 11 is 0. The molecule has 0 heterocycles. The fourth-order valence-electron chi connectivity index (χ4n) is 0.773. The second-order valence-electron chi connectivity index (χ2n) is 2.75. The lowest BCUT2D eigenvalue weighted by molar-refractivity contribution is -0.122. The maximum absolute atomic E-state index is 12.0. The van der Waals surface area contributed by atoms with Crippen molar-refractivity contribution in [1.29, 1.82) is 0 Å². The van der Waals surface area contributed by atoms with Gasteiger partial charge in [-0.1, -0.05) is 13.0 Å². The first-order chi connectivity index (χ1) is 5.79. The van der Waals surface area contributed by atoms with Crippen molar-refractivity contribution in [3.63, 3.8) is 0 Å². The molecule has 0 spiro atoms. The van der Waals surface area contributed by atoms with E-state index in [4.69, 9.17) is 0 Å². The van der Waals surface area contributed by atoms with E-state index in [1.165, 1.54) is 14.0 Å². The summed E-state index contributed by atoms with van der Waals surface area (Å²) in [6.45, 7) is 2.35. The zero-order chi connectivity index (χ0) is 10.6. The van der Waals surface area contributed by atoms with Gasteiger partial charge in [-0.3, -0.25) is 4.79 Å². The van der Waals surface area contributed by atoms with E-state index in [9.17, 15) is 18.0 Å². The van der Waals surface area contributed by atoms with Crippen molar-refractivity contribution < 1.29 is 18.0 Å². The number of hydrogen-bond donors (Lipinski definition) is 1. The van der Waals surface area contributed by atoms with E-state index in [-0.39, 0.29) is 0 Å². The van der Waals surface area contributed by atoms with Crippen molar-refractivity contribution in [1.82, 2.24) is 5.32 Å². The van der Waals surface area contributed by atoms with E-state index in [2.05, 4.69) is 5.32 Å². The standard InChI is InChI=1S/C8H12F3NO/c1-5(7(13)12-3)4-6(2)8(9,10)11/h4-5H,1-3H3,(H,12,13)/b6-4-/t5-/m1/s1. The Balaban J connectivity index is 4.48. The van der Waals surface area contributed by atoms with Crippen molar-refractivity contribution in [2.24, 2.45) is 5.92 Å². The molecule has 0 saturated heterocycles. The van der Waals surface area contributed by atoms with Crippen LogP contribution in [0.2, 0.25) is 0 Å². The minimum absolute atomic E-state index is 0.427. The SMILES string of the molecule is CNC(=O)[C@H](C)/C=C(/C)C(F)(F)F. The highest BCUT2D eigenvalue weighted by atomic mass is 19.4. The third-order valence-corrected chi connectivity index (χ3v) is 1.61. The predicted octanol–water partition coefficient (Wildman–Crippen LogP) is 1.88. The lowest BCUT2D eigenvalue weighted by Gasteiger charge is -2.09. The third kappa shape index (κ3) is 3.96. The van der Waals surface area contributed by atoms with Crippen LogP contribution in [-0.4, -0.2) is 19.1 Å². The summed E-state index contributed by atoms with van der Waals surface area (Å²) in [5.41, 5.74) is -0.747. The van der Waals surface area contributed by atoms with Gasteiger partial charge in [0.25, 0.3) is 0 Å². The number of carbonyl (C=O) groups excluding carboxylic acids is 1. The molecule has 0 radical (unpaired) electrons. The van der Waals surface area contributed by atoms with Crippen molar-refractivity contribution in [2.75, 3.05) is 7.05 Å². The van der Waals surface area contributed by atoms with Crippen LogP contribution in [0, 0.1) is 5.92 Å². The molecular formula is C8H12F3NO. The Morgan fingerprint density at radius 1 is 1.46 bits per heavy atom. The van der Waals surface area contributed by atoms with E-state index >= 15 is 0 Å². The predicted molar refractivity (Wildman–Crippen MR) is 43.0 cm³/mol. The topological polar surface area (TPSA) is 29.1 Å². The number of hydrogen-bond acceptors (Lipinski definition) is 1. The zero-order valence-electron chi connectivity index (χ0n) is 7.70. The molecule has 13 heavy (non-hydrogen) atoms. The molecule has 5 heteroatoms. The van der Waals surface area contributed by atoms with E-state index in [0.29, 0.717) is 0 Å². The van der Waals surface area contributed by atoms with Crippen LogP contribution in [0.15, 0.2) is 11.6 Å². The van der Waals surface area contributed by atoms with E-state index in [1.54, 1.807) is 0 Å². The van der Waals surface area contributed by atoms with Gasteiger partial charge in [0.15, 0.2) is 0 Å². The van der Waals surface area contributed by atoms with Gasteiger partial charge in [-0.25, -0.2) is 0 Å². The molecule has 2 nitrogen and oxygen atoms in total. The molecular weight excluding hydrogens is 183 g/mol. The summed E-state index contributed by atoms with van der Waals surface area (Å²) in [6.07, 6.45) is -3.44. The summed E-state index contributed by atoms with van der Waals surface area (Å²) in [5, 5.41) is 2.27. The monoisotopic (exact) mass is 195 g/mol. The number of rotatable bonds is 2. The number of alkyl halides is 3. The van der Waals surface area contributed by atoms with Gasteiger partial charge in [0.2, 0.25) is 5.91 Å². The Hall–Kier alpha value is -1.00. The highest BCUT2D eigenvalue weighted by molar-refractivity contribution is 5.79. The van der Waals surface area contributed by atoms with Gasteiger partial charge in [-0.2, -0.15) is 13.2 Å². The minimum Gasteiger partial charge on any atom is -0.359 e. The summed E-state index contributed by atoms with van der Waals surface area (Å²) in [5.74, 6) is -1.18. The summed E-state index contributed by atoms with van der Waals surface area (Å²) in [7, 11) is 1.38. The van der Waals surface area contributed by atoms with E-state index in [1.807, 2.05) is 0 Å². The smallest absolute Gasteiger partial charge is 0.359 e. The fourth-order valence-corrected chi connectivity index (χ4v) is 0.773. The molecule has 1 N–H and O–H groups in total. The highest BCUT2D eigenvalue weighted by Gasteiger charge is 2.30. The van der Waals surface area contributed by atoms with Gasteiger partial charge in [-0.15, -0.1) is 0 Å². The average Bonchev–Trinajstić information content (AvgIpc) is 2.01. The largest absolute Gasteiger partial charge is 0.412 e. The average molecular weight is 195 g/mol. The van der Waals surface area contributed by atoms with Gasteiger partial charge >= 0.3 is 6.18 Å². The second-order valence-corrected chi connectivity index (χ2v) is 2.75. The fraction of sp³-hybridized carbons (Fsp3) is 0.625. The van der Waals surface area contributed by atoms with Crippen molar-refractivity contribution in [3.05, 3.63) is 11.6 Å². The molecule has 76 valence electrons. The molecule has 0 rings (SSSR count). The van der Waals surface area contributed by atoms with Gasteiger partial charge in [0, 0.05) is 12.6 Å². The molecule has 0 aliphatic heterocycles. The van der Waals surface area contributed by atoms with Crippen molar-refractivity contribution in [2.45, 2.75) is 20.0 Å². The maximum atomic E-state index is 12.0. The van der Waals surface area contributed by atoms with Crippen LogP contribution in [0.3, 0.4) is 0 Å². The van der Waals surface area contributed by atoms with Crippen LogP contribution >= 0.6 is 0 Å². The normalized spacial score (nSPS) is 15.4. The Morgan fingerprint density at radius 2 is 1.92 bits per heavy atom. The molecule has 0 unspecified atom stereocenters. The quantitative estimate of drug-likeness (QED) is 0.669. The summed E-state index contributed by atoms with van der Waals surface area (Å²) in [6, 6.07) is 0. The van der Waals surface area contributed by atoms with Crippen molar-refractivity contribution in [3.8, 4) is 0 Å². The highest BCUT2D eigenvalue weighted by Crippen LogP contribution is 2.25. The van der Waals surface area contributed by atoms with Crippen LogP contribution in [-0.2, 0) is 4.79 Å². The zero-order valence-corrected chi connectivity index (χ0v) is 7.70. The molecule has 0 aromatic carbocycles. The molecule has 0 aromatic rings. The van der Waals surface area contributed by atoms with Crippen LogP contribution < -0.4 is 5.32 Å². The minimum atomic E-state index is -4.34. The van der Waals surface area contributed by atoms with Gasteiger partial charge in [0.1, 0.15) is 0 Å². The number of nitrogens with one attached hydrogen (secondary N) is 1. The Labute approximate surface area is 74.8 Å². The molecule has 0 bridgehead atoms. The van der Waals surface area contributed by atoms with Crippen LogP contribution in [0.25, 0.3) is 0 Å². The van der Waals surface area contributed by atoms with Crippen LogP contribution in [0.5, 0.6) is 0 Å². The Morgan fingerprint density at radius 3 is 2.23 bits per heavy atom. The molecule has 0 aromatic heterocycles. The molecule has 0 saturated carbocycles. The Bertz CT molecular complexity index is 220. The number of amides is 1. The second kappa shape index (κ2) is 4.30. The third-order valence-electron chi connectivity index (χ3n) is 1.61. The Kier molecular flexibility index (Phi) is 3.97. The van der Waals surface area contributed by atoms with Crippen LogP contribution in [0.1, 0.15) is 13.8 Å². The lowest BCUT2D eigenvalue weighted by Crippen LogP contribution is -2.25. The van der Waals surface area contributed by atoms with Gasteiger partial charge in [0.05, 0.1) is 5.92 Å². The summed E-state index contributed by atoms with van der Waals surface area (Å²) in [4.78, 5) is 10.9. The van der Waals surface area contributed by atoms with Crippen LogP contribution in [0.4, 0.5) is 13.2 Å². The first kappa shape index (κ1) is 12.0. The van der Waals surface area contributed by atoms with E-state index in [0.717, 1.165) is 13.0 Å². The first-order valence-electron chi connectivity index (χ1n) is 3.76. The maximum Gasteiger partial charge on any atom is 0.412 e. The lowest BCUT2D eigenvalue weighted by atomic mass is 10.1. The van der Waals surface area contributed by atoms with Gasteiger partial charge < -0.3 is 5.32 Å². The molecule has 1 amide bonds.